The molecule has 0 fully saturated rings. The molecule has 1 N–H and O–H groups in total. The van der Waals surface area contributed by atoms with E-state index in [-0.39, 0.29) is 30.6 Å². The summed E-state index contributed by atoms with van der Waals surface area (Å²) in [6, 6.07) is 10.9. The molecular weight excluding hydrogens is 344 g/mol. The van der Waals surface area contributed by atoms with Gasteiger partial charge in [-0.25, -0.2) is 0 Å². The lowest BCUT2D eigenvalue weighted by Gasteiger charge is -2.23. The second kappa shape index (κ2) is 8.97. The average molecular weight is 365 g/mol. The first kappa shape index (κ1) is 18.6. The molecule has 0 unspecified atom stereocenters. The van der Waals surface area contributed by atoms with Gasteiger partial charge < -0.3 is 10.2 Å². The summed E-state index contributed by atoms with van der Waals surface area (Å²) >= 11 is 7.47. The molecule has 4 nitrogen and oxygen atoms in total. The van der Waals surface area contributed by atoms with Crippen LogP contribution in [0, 0.1) is 0 Å². The van der Waals surface area contributed by atoms with Crippen molar-refractivity contribution in [1.82, 2.24) is 10.2 Å². The summed E-state index contributed by atoms with van der Waals surface area (Å²) in [7, 11) is 3.97. The molecule has 1 heterocycles. The first-order chi connectivity index (χ1) is 11.5. The van der Waals surface area contributed by atoms with Crippen LogP contribution in [0.3, 0.4) is 0 Å². The molecule has 0 saturated carbocycles. The minimum Gasteiger partial charge on any atom is -0.354 e. The first-order valence-corrected chi connectivity index (χ1v) is 8.98. The molecule has 2 aromatic rings. The zero-order valence-electron chi connectivity index (χ0n) is 13.8. The number of carbonyl (C=O) groups is 2. The second-order valence-electron chi connectivity index (χ2n) is 5.73. The maximum atomic E-state index is 12.1. The van der Waals surface area contributed by atoms with E-state index in [0.29, 0.717) is 17.1 Å². The molecule has 1 amide bonds. The van der Waals surface area contributed by atoms with E-state index >= 15 is 0 Å². The SMILES string of the molecule is CN(C)[C@H](CNC(=O)CCC(=O)c1ccc(Cl)cc1)c1cccs1. The van der Waals surface area contributed by atoms with Crippen LogP contribution in [0.15, 0.2) is 41.8 Å². The lowest BCUT2D eigenvalue weighted by Crippen LogP contribution is -2.34. The lowest BCUT2D eigenvalue weighted by molar-refractivity contribution is -0.121. The number of nitrogens with one attached hydrogen (secondary N) is 1. The number of amides is 1. The summed E-state index contributed by atoms with van der Waals surface area (Å²) in [5, 5.41) is 5.54. The van der Waals surface area contributed by atoms with Gasteiger partial charge in [-0.05, 0) is 49.8 Å². The molecule has 1 atom stereocenters. The second-order valence-corrected chi connectivity index (χ2v) is 7.14. The molecule has 0 radical (unpaired) electrons. The number of hydrogen-bond acceptors (Lipinski definition) is 4. The van der Waals surface area contributed by atoms with E-state index in [1.54, 1.807) is 35.6 Å². The van der Waals surface area contributed by atoms with Crippen molar-refractivity contribution in [3.8, 4) is 0 Å². The summed E-state index contributed by atoms with van der Waals surface area (Å²) in [6.07, 6.45) is 0.380. The normalized spacial score (nSPS) is 12.2. The molecule has 0 bridgehead atoms. The van der Waals surface area contributed by atoms with Gasteiger partial charge in [0.2, 0.25) is 5.91 Å². The summed E-state index contributed by atoms with van der Waals surface area (Å²) < 4.78 is 0. The van der Waals surface area contributed by atoms with Crippen LogP contribution >= 0.6 is 22.9 Å². The quantitative estimate of drug-likeness (QED) is 0.725. The lowest BCUT2D eigenvalue weighted by atomic mass is 10.1. The van der Waals surface area contributed by atoms with Crippen molar-refractivity contribution in [3.63, 3.8) is 0 Å². The van der Waals surface area contributed by atoms with Gasteiger partial charge in [-0.1, -0.05) is 17.7 Å². The molecule has 24 heavy (non-hydrogen) atoms. The molecule has 0 aliphatic rings. The van der Waals surface area contributed by atoms with Crippen molar-refractivity contribution in [2.24, 2.45) is 0 Å². The molecule has 0 spiro atoms. The Bertz CT molecular complexity index is 669. The molecule has 2 rings (SSSR count). The minimum absolute atomic E-state index is 0.0516. The van der Waals surface area contributed by atoms with Crippen LogP contribution in [0.2, 0.25) is 5.02 Å². The van der Waals surface area contributed by atoms with Crippen molar-refractivity contribution in [1.29, 1.82) is 0 Å². The third-order valence-corrected chi connectivity index (χ3v) is 4.96. The smallest absolute Gasteiger partial charge is 0.220 e. The number of likely N-dealkylation sites (N-methyl/N-ethyl adjacent to an activating group) is 1. The topological polar surface area (TPSA) is 49.4 Å². The van der Waals surface area contributed by atoms with Gasteiger partial charge in [0.25, 0.3) is 0 Å². The summed E-state index contributed by atoms with van der Waals surface area (Å²) in [5.74, 6) is -0.162. The van der Waals surface area contributed by atoms with Gasteiger partial charge in [-0.3, -0.25) is 9.59 Å². The Morgan fingerprint density at radius 3 is 2.46 bits per heavy atom. The maximum Gasteiger partial charge on any atom is 0.220 e. The van der Waals surface area contributed by atoms with Gasteiger partial charge in [0.15, 0.2) is 5.78 Å². The third-order valence-electron chi connectivity index (χ3n) is 3.73. The van der Waals surface area contributed by atoms with Gasteiger partial charge >= 0.3 is 0 Å². The highest BCUT2D eigenvalue weighted by molar-refractivity contribution is 7.10. The van der Waals surface area contributed by atoms with E-state index in [4.69, 9.17) is 11.6 Å². The number of rotatable bonds is 8. The van der Waals surface area contributed by atoms with Crippen LogP contribution in [0.5, 0.6) is 0 Å². The van der Waals surface area contributed by atoms with Crippen LogP contribution in [0.1, 0.15) is 34.1 Å². The molecule has 1 aromatic carbocycles. The highest BCUT2D eigenvalue weighted by Gasteiger charge is 2.16. The number of benzene rings is 1. The van der Waals surface area contributed by atoms with E-state index in [0.717, 1.165) is 0 Å². The van der Waals surface area contributed by atoms with Gasteiger partial charge in [-0.15, -0.1) is 11.3 Å². The zero-order chi connectivity index (χ0) is 17.5. The largest absolute Gasteiger partial charge is 0.354 e. The monoisotopic (exact) mass is 364 g/mol. The predicted octanol–water partition coefficient (Wildman–Crippen LogP) is 3.78. The van der Waals surface area contributed by atoms with E-state index < -0.39 is 0 Å². The van der Waals surface area contributed by atoms with Crippen molar-refractivity contribution in [3.05, 3.63) is 57.2 Å². The number of hydrogen-bond donors (Lipinski definition) is 1. The minimum atomic E-state index is -0.110. The van der Waals surface area contributed by atoms with Crippen molar-refractivity contribution in [2.45, 2.75) is 18.9 Å². The van der Waals surface area contributed by atoms with E-state index in [1.807, 2.05) is 25.5 Å². The van der Waals surface area contributed by atoms with Gasteiger partial charge in [0.1, 0.15) is 0 Å². The number of thiophene rings is 1. The Hall–Kier alpha value is -1.69. The Balaban J connectivity index is 1.80. The van der Waals surface area contributed by atoms with E-state index in [1.165, 1.54) is 4.88 Å². The Labute approximate surface area is 151 Å². The molecular formula is C18H21ClN2O2S. The van der Waals surface area contributed by atoms with Crippen molar-refractivity contribution < 1.29 is 9.59 Å². The third kappa shape index (κ3) is 5.44. The van der Waals surface area contributed by atoms with E-state index in [2.05, 4.69) is 16.3 Å². The van der Waals surface area contributed by atoms with Gasteiger partial charge in [0, 0.05) is 34.8 Å². The zero-order valence-corrected chi connectivity index (χ0v) is 15.4. The van der Waals surface area contributed by atoms with E-state index in [9.17, 15) is 9.59 Å². The first-order valence-electron chi connectivity index (χ1n) is 7.72. The van der Waals surface area contributed by atoms with Crippen LogP contribution in [0.4, 0.5) is 0 Å². The van der Waals surface area contributed by atoms with Crippen LogP contribution < -0.4 is 5.32 Å². The Morgan fingerprint density at radius 1 is 1.17 bits per heavy atom. The van der Waals surface area contributed by atoms with Gasteiger partial charge in [0.05, 0.1) is 6.04 Å². The number of halogens is 1. The number of Topliss-reactive ketones (excluding diaryl/α,β-unsaturated/α-hetero) is 1. The highest BCUT2D eigenvalue weighted by Crippen LogP contribution is 2.22. The van der Waals surface area contributed by atoms with Gasteiger partial charge in [-0.2, -0.15) is 0 Å². The maximum absolute atomic E-state index is 12.1. The fraction of sp³-hybridized carbons (Fsp3) is 0.333. The van der Waals surface area contributed by atoms with Crippen LogP contribution in [-0.2, 0) is 4.79 Å². The molecule has 6 heteroatoms. The fourth-order valence-corrected chi connectivity index (χ4v) is 3.37. The number of nitrogens with zero attached hydrogens (tertiary/aromatic N) is 1. The summed E-state index contributed by atoms with van der Waals surface area (Å²) in [6.45, 7) is 0.529. The molecule has 1 aromatic heterocycles. The molecule has 0 aliphatic carbocycles. The van der Waals surface area contributed by atoms with Crippen molar-refractivity contribution in [2.75, 3.05) is 20.6 Å². The number of ketones is 1. The summed E-state index contributed by atoms with van der Waals surface area (Å²) in [5.41, 5.74) is 0.581. The van der Waals surface area contributed by atoms with Crippen LogP contribution in [0.25, 0.3) is 0 Å². The molecule has 128 valence electrons. The van der Waals surface area contributed by atoms with Crippen molar-refractivity contribution >= 4 is 34.6 Å². The Morgan fingerprint density at radius 2 is 1.88 bits per heavy atom. The molecule has 0 saturated heterocycles. The van der Waals surface area contributed by atoms with Crippen LogP contribution in [-0.4, -0.2) is 37.2 Å². The summed E-state index contributed by atoms with van der Waals surface area (Å²) in [4.78, 5) is 27.4. The molecule has 0 aliphatic heterocycles. The predicted molar refractivity (Wildman–Crippen MR) is 98.8 cm³/mol. The highest BCUT2D eigenvalue weighted by atomic mass is 35.5. The average Bonchev–Trinajstić information content (AvgIpc) is 3.07. The fourth-order valence-electron chi connectivity index (χ4n) is 2.32. The number of carbonyl (C=O) groups excluding carboxylic acids is 2. The Kier molecular flexibility index (Phi) is 6.97. The standard InChI is InChI=1S/C18H21ClN2O2S/c1-21(2)15(17-4-3-11-24-17)12-20-18(23)10-9-16(22)13-5-7-14(19)8-6-13/h3-8,11,15H,9-10,12H2,1-2H3,(H,20,23)/t15-/m1/s1.